The zero-order valence-corrected chi connectivity index (χ0v) is 16.8. The summed E-state index contributed by atoms with van der Waals surface area (Å²) in [5.74, 6) is 0.401. The van der Waals surface area contributed by atoms with Gasteiger partial charge in [-0.2, -0.15) is 0 Å². The highest BCUT2D eigenvalue weighted by Gasteiger charge is 2.24. The van der Waals surface area contributed by atoms with Crippen LogP contribution in [0, 0.1) is 5.82 Å². The van der Waals surface area contributed by atoms with Gasteiger partial charge in [0.2, 0.25) is 0 Å². The molecule has 0 unspecified atom stereocenters. The van der Waals surface area contributed by atoms with Crippen molar-refractivity contribution in [1.29, 1.82) is 0 Å². The van der Waals surface area contributed by atoms with E-state index in [9.17, 15) is 9.18 Å². The third-order valence-electron chi connectivity index (χ3n) is 4.54. The summed E-state index contributed by atoms with van der Waals surface area (Å²) in [5.41, 5.74) is 0.929. The van der Waals surface area contributed by atoms with Crippen LogP contribution in [0.15, 0.2) is 41.0 Å². The zero-order chi connectivity index (χ0) is 20.6. The summed E-state index contributed by atoms with van der Waals surface area (Å²) < 4.78 is 30.9. The van der Waals surface area contributed by atoms with Gasteiger partial charge in [0.25, 0.3) is 0 Å². The number of ether oxygens (including phenoxy) is 2. The zero-order valence-electron chi connectivity index (χ0n) is 16.8. The van der Waals surface area contributed by atoms with Gasteiger partial charge in [-0.05, 0) is 50.6 Å². The van der Waals surface area contributed by atoms with Crippen LogP contribution in [-0.4, -0.2) is 44.5 Å². The van der Waals surface area contributed by atoms with Crippen molar-refractivity contribution in [3.63, 3.8) is 0 Å². The Morgan fingerprint density at radius 3 is 2.76 bits per heavy atom. The van der Waals surface area contributed by atoms with E-state index in [4.69, 9.17) is 13.9 Å². The van der Waals surface area contributed by atoms with E-state index in [0.29, 0.717) is 50.6 Å². The number of hydrogen-bond donors (Lipinski definition) is 2. The van der Waals surface area contributed by atoms with E-state index in [0.717, 1.165) is 5.76 Å². The Hall–Kier alpha value is -2.58. The number of nitrogens with one attached hydrogen (secondary N) is 2. The highest BCUT2D eigenvalue weighted by Crippen LogP contribution is 2.26. The molecule has 2 heterocycles. The van der Waals surface area contributed by atoms with Gasteiger partial charge in [0.1, 0.15) is 18.2 Å². The predicted molar refractivity (Wildman–Crippen MR) is 109 cm³/mol. The van der Waals surface area contributed by atoms with Crippen molar-refractivity contribution in [3.05, 3.63) is 48.2 Å². The summed E-state index contributed by atoms with van der Waals surface area (Å²) >= 11 is 0. The first-order chi connectivity index (χ1) is 14.0. The van der Waals surface area contributed by atoms with E-state index >= 15 is 0 Å². The molecule has 1 aromatic heterocycles. The third kappa shape index (κ3) is 6.47. The Bertz CT molecular complexity index is 774. The van der Waals surface area contributed by atoms with Gasteiger partial charge in [0.15, 0.2) is 0 Å². The molecule has 1 fully saturated rings. The molecule has 0 spiro atoms. The molecule has 0 bridgehead atoms. The molecule has 1 aliphatic heterocycles. The lowest BCUT2D eigenvalue weighted by atomic mass is 10.2. The number of urea groups is 1. The number of carbonyl (C=O) groups excluding carboxylic acids is 1. The highest BCUT2D eigenvalue weighted by atomic mass is 19.1. The summed E-state index contributed by atoms with van der Waals surface area (Å²) in [4.78, 5) is 14.0. The molecular formula is C21H28FN3O4. The lowest BCUT2D eigenvalue weighted by Crippen LogP contribution is -2.45. The summed E-state index contributed by atoms with van der Waals surface area (Å²) in [6.07, 6.45) is 2.35. The number of anilines is 2. The second-order valence-electron chi connectivity index (χ2n) is 7.19. The van der Waals surface area contributed by atoms with Crippen molar-refractivity contribution in [1.82, 2.24) is 5.32 Å². The maximum Gasteiger partial charge on any atom is 0.319 e. The van der Waals surface area contributed by atoms with Crippen LogP contribution in [0.2, 0.25) is 0 Å². The molecule has 158 valence electrons. The fraction of sp³-hybridized carbons (Fsp3) is 0.476. The average Bonchev–Trinajstić information content (AvgIpc) is 3.17. The summed E-state index contributed by atoms with van der Waals surface area (Å²) in [7, 11) is 0. The molecule has 3 rings (SSSR count). The first-order valence-corrected chi connectivity index (χ1v) is 9.86. The van der Waals surface area contributed by atoms with Gasteiger partial charge in [-0.15, -0.1) is 0 Å². The first kappa shape index (κ1) is 21.1. The SMILES string of the molecule is C[C@@H]1CN(c2ccc(NC(=O)NCCCOCc3ccco3)cc2F)C[C@@H](C)O1. The van der Waals surface area contributed by atoms with Crippen molar-refractivity contribution in [2.75, 3.05) is 36.5 Å². The predicted octanol–water partition coefficient (Wildman–Crippen LogP) is 3.76. The van der Waals surface area contributed by atoms with E-state index in [1.165, 1.54) is 6.07 Å². The number of hydrogen-bond acceptors (Lipinski definition) is 5. The maximum absolute atomic E-state index is 14.6. The van der Waals surface area contributed by atoms with Crippen LogP contribution in [-0.2, 0) is 16.1 Å². The molecule has 2 N–H and O–H groups in total. The van der Waals surface area contributed by atoms with E-state index in [2.05, 4.69) is 10.6 Å². The molecule has 0 aliphatic carbocycles. The van der Waals surface area contributed by atoms with Gasteiger partial charge in [-0.1, -0.05) is 0 Å². The number of halogens is 1. The molecule has 1 saturated heterocycles. The lowest BCUT2D eigenvalue weighted by Gasteiger charge is -2.37. The number of carbonyl (C=O) groups is 1. The highest BCUT2D eigenvalue weighted by molar-refractivity contribution is 5.89. The Labute approximate surface area is 170 Å². The number of furan rings is 1. The molecule has 2 aromatic rings. The second kappa shape index (κ2) is 10.3. The Balaban J connectivity index is 1.39. The van der Waals surface area contributed by atoms with Crippen LogP contribution in [0.3, 0.4) is 0 Å². The molecule has 1 aliphatic rings. The molecule has 1 aromatic carbocycles. The van der Waals surface area contributed by atoms with E-state index in [1.807, 2.05) is 30.9 Å². The Morgan fingerprint density at radius 2 is 2.07 bits per heavy atom. The monoisotopic (exact) mass is 405 g/mol. The number of morpholine rings is 1. The van der Waals surface area contributed by atoms with Crippen LogP contribution in [0.25, 0.3) is 0 Å². The first-order valence-electron chi connectivity index (χ1n) is 9.86. The van der Waals surface area contributed by atoms with Gasteiger partial charge in [-0.3, -0.25) is 0 Å². The molecule has 29 heavy (non-hydrogen) atoms. The van der Waals surface area contributed by atoms with Crippen molar-refractivity contribution in [2.24, 2.45) is 0 Å². The molecule has 2 amide bonds. The van der Waals surface area contributed by atoms with Crippen LogP contribution >= 0.6 is 0 Å². The van der Waals surface area contributed by atoms with Gasteiger partial charge in [-0.25, -0.2) is 9.18 Å². The van der Waals surface area contributed by atoms with Crippen LogP contribution in [0.1, 0.15) is 26.0 Å². The number of benzene rings is 1. The minimum Gasteiger partial charge on any atom is -0.467 e. The number of nitrogens with zero attached hydrogens (tertiary/aromatic N) is 1. The quantitative estimate of drug-likeness (QED) is 0.654. The van der Waals surface area contributed by atoms with Crippen LogP contribution in [0.5, 0.6) is 0 Å². The Kier molecular flexibility index (Phi) is 7.48. The molecule has 2 atom stereocenters. The van der Waals surface area contributed by atoms with Crippen molar-refractivity contribution in [3.8, 4) is 0 Å². The molecule has 7 nitrogen and oxygen atoms in total. The largest absolute Gasteiger partial charge is 0.467 e. The van der Waals surface area contributed by atoms with E-state index in [1.54, 1.807) is 18.4 Å². The van der Waals surface area contributed by atoms with Crippen LogP contribution < -0.4 is 15.5 Å². The standard InChI is InChI=1S/C21H28FN3O4/c1-15-12-25(13-16(2)29-15)20-7-6-17(11-19(20)22)24-21(26)23-8-4-9-27-14-18-5-3-10-28-18/h3,5-7,10-11,15-16H,4,8-9,12-14H2,1-2H3,(H2,23,24,26)/t15-,16-/m1/s1. The van der Waals surface area contributed by atoms with Gasteiger partial charge < -0.3 is 29.4 Å². The summed E-state index contributed by atoms with van der Waals surface area (Å²) in [5, 5.41) is 5.39. The van der Waals surface area contributed by atoms with Crippen LogP contribution in [0.4, 0.5) is 20.6 Å². The normalized spacial score (nSPS) is 19.2. The number of rotatable bonds is 8. The minimum absolute atomic E-state index is 0.0461. The smallest absolute Gasteiger partial charge is 0.319 e. The molecule has 0 radical (unpaired) electrons. The third-order valence-corrected chi connectivity index (χ3v) is 4.54. The topological polar surface area (TPSA) is 76.0 Å². The van der Waals surface area contributed by atoms with Gasteiger partial charge in [0, 0.05) is 31.9 Å². The fourth-order valence-electron chi connectivity index (χ4n) is 3.33. The molecule has 0 saturated carbocycles. The molecular weight excluding hydrogens is 377 g/mol. The second-order valence-corrected chi connectivity index (χ2v) is 7.19. The lowest BCUT2D eigenvalue weighted by molar-refractivity contribution is -0.00539. The maximum atomic E-state index is 14.6. The number of amides is 2. The van der Waals surface area contributed by atoms with Crippen molar-refractivity contribution < 1.29 is 23.1 Å². The minimum atomic E-state index is -0.378. The van der Waals surface area contributed by atoms with Gasteiger partial charge >= 0.3 is 6.03 Å². The van der Waals surface area contributed by atoms with E-state index < -0.39 is 0 Å². The van der Waals surface area contributed by atoms with E-state index in [-0.39, 0.29) is 24.1 Å². The Morgan fingerprint density at radius 1 is 1.28 bits per heavy atom. The fourth-order valence-corrected chi connectivity index (χ4v) is 3.33. The van der Waals surface area contributed by atoms with Gasteiger partial charge in [0.05, 0.1) is 24.2 Å². The summed E-state index contributed by atoms with van der Waals surface area (Å²) in [6.45, 7) is 6.58. The molecule has 8 heteroatoms. The summed E-state index contributed by atoms with van der Waals surface area (Å²) in [6, 6.07) is 8.01. The van der Waals surface area contributed by atoms with Crippen molar-refractivity contribution >= 4 is 17.4 Å². The van der Waals surface area contributed by atoms with Crippen molar-refractivity contribution in [2.45, 2.75) is 39.1 Å². The average molecular weight is 405 g/mol.